The molecule has 1 N–H and O–H groups in total. The molecule has 3 unspecified atom stereocenters. The predicted molar refractivity (Wildman–Crippen MR) is 129 cm³/mol. The number of nitrogens with zero attached hydrogens (tertiary/aromatic N) is 1. The van der Waals surface area contributed by atoms with Crippen molar-refractivity contribution in [3.05, 3.63) is 119 Å². The first-order valence-corrected chi connectivity index (χ1v) is 11.3. The molecule has 1 aliphatic heterocycles. The van der Waals surface area contributed by atoms with Crippen LogP contribution in [0.2, 0.25) is 5.02 Å². The fourth-order valence-corrected chi connectivity index (χ4v) is 5.67. The monoisotopic (exact) mass is 473 g/mol. The van der Waals surface area contributed by atoms with E-state index in [4.69, 9.17) is 11.6 Å². The number of para-hydroxylation sites is 1. The zero-order valence-corrected chi connectivity index (χ0v) is 18.9. The molecule has 5 rings (SSSR count). The van der Waals surface area contributed by atoms with Crippen molar-refractivity contribution in [3.8, 4) is 5.75 Å². The number of amides is 2. The first-order chi connectivity index (χ1) is 16.4. The molecule has 34 heavy (non-hydrogen) atoms. The van der Waals surface area contributed by atoms with Crippen molar-refractivity contribution in [1.82, 2.24) is 0 Å². The van der Waals surface area contributed by atoms with Gasteiger partial charge in [-0.05, 0) is 41.8 Å². The van der Waals surface area contributed by atoms with Gasteiger partial charge in [-0.3, -0.25) is 9.59 Å². The van der Waals surface area contributed by atoms with Gasteiger partial charge in [-0.15, -0.1) is 0 Å². The van der Waals surface area contributed by atoms with Crippen LogP contribution in [0.25, 0.3) is 0 Å². The van der Waals surface area contributed by atoms with Crippen LogP contribution in [0.15, 0.2) is 97.1 Å². The van der Waals surface area contributed by atoms with Crippen LogP contribution in [0.5, 0.6) is 5.75 Å². The normalized spacial score (nSPS) is 24.1. The van der Waals surface area contributed by atoms with Crippen LogP contribution in [-0.4, -0.2) is 16.9 Å². The number of aromatic hydroxyl groups is 1. The smallest absolute Gasteiger partial charge is 0.246 e. The van der Waals surface area contributed by atoms with Gasteiger partial charge in [0.25, 0.3) is 0 Å². The van der Waals surface area contributed by atoms with Gasteiger partial charge in [0.15, 0.2) is 11.6 Å². The number of phenols is 1. The van der Waals surface area contributed by atoms with E-state index in [-0.39, 0.29) is 11.5 Å². The molecule has 1 heterocycles. The van der Waals surface area contributed by atoms with Gasteiger partial charge in [0.1, 0.15) is 0 Å². The predicted octanol–water partition coefficient (Wildman–Crippen LogP) is 5.91. The summed E-state index contributed by atoms with van der Waals surface area (Å²) < 4.78 is 14.5. The number of rotatable bonds is 4. The van der Waals surface area contributed by atoms with E-state index in [1.54, 1.807) is 60.7 Å². The largest absolute Gasteiger partial charge is 0.505 e. The number of carbonyl (C=O) groups excluding carboxylic acids is 2. The molecule has 0 spiro atoms. The second-order valence-corrected chi connectivity index (χ2v) is 8.94. The molecular formula is C28H21ClFNO3. The summed E-state index contributed by atoms with van der Waals surface area (Å²) >= 11 is 6.18. The summed E-state index contributed by atoms with van der Waals surface area (Å²) in [5, 5.41) is 11.1. The molecule has 4 nitrogen and oxygen atoms in total. The molecule has 1 saturated heterocycles. The van der Waals surface area contributed by atoms with E-state index in [0.717, 1.165) is 6.07 Å². The Morgan fingerprint density at radius 2 is 1.79 bits per heavy atom. The van der Waals surface area contributed by atoms with Gasteiger partial charge in [0.2, 0.25) is 11.8 Å². The number of phenolic OH excluding ortho intramolecular Hbond substituents is 1. The topological polar surface area (TPSA) is 57.6 Å². The van der Waals surface area contributed by atoms with Crippen LogP contribution < -0.4 is 4.90 Å². The molecule has 170 valence electrons. The highest BCUT2D eigenvalue weighted by molar-refractivity contribution is 6.32. The molecule has 3 aromatic rings. The summed E-state index contributed by atoms with van der Waals surface area (Å²) in [6, 6.07) is 19.8. The number of hydrogen-bond donors (Lipinski definition) is 1. The number of imide groups is 1. The second kappa shape index (κ2) is 8.26. The van der Waals surface area contributed by atoms with Crippen molar-refractivity contribution in [1.29, 1.82) is 0 Å². The second-order valence-electron chi connectivity index (χ2n) is 8.50. The van der Waals surface area contributed by atoms with Gasteiger partial charge in [-0.25, -0.2) is 9.29 Å². The number of benzene rings is 3. The van der Waals surface area contributed by atoms with Gasteiger partial charge in [-0.1, -0.05) is 78.9 Å². The zero-order valence-electron chi connectivity index (χ0n) is 18.1. The summed E-state index contributed by atoms with van der Waals surface area (Å²) in [6.07, 6.45) is 3.75. The lowest BCUT2D eigenvalue weighted by atomic mass is 9.56. The van der Waals surface area contributed by atoms with E-state index in [1.807, 2.05) is 12.1 Å². The van der Waals surface area contributed by atoms with Crippen LogP contribution in [0.3, 0.4) is 0 Å². The maximum absolute atomic E-state index is 14.5. The van der Waals surface area contributed by atoms with Crippen molar-refractivity contribution < 1.29 is 19.1 Å². The van der Waals surface area contributed by atoms with Gasteiger partial charge in [0.05, 0.1) is 17.0 Å². The summed E-state index contributed by atoms with van der Waals surface area (Å²) in [4.78, 5) is 29.5. The van der Waals surface area contributed by atoms with Crippen molar-refractivity contribution in [2.24, 2.45) is 5.92 Å². The highest BCUT2D eigenvalue weighted by Gasteiger charge is 2.66. The first-order valence-electron chi connectivity index (χ1n) is 10.9. The Morgan fingerprint density at radius 3 is 2.50 bits per heavy atom. The number of allylic oxidation sites excluding steroid dienone is 3. The van der Waals surface area contributed by atoms with Gasteiger partial charge >= 0.3 is 0 Å². The SMILES string of the molecule is C=CC1=CCC2C(=O)N(c3cccc(Cl)c3)C(=O)C2(c2ccccc2)C1c1cccc(F)c1O. The van der Waals surface area contributed by atoms with Gasteiger partial charge in [-0.2, -0.15) is 0 Å². The summed E-state index contributed by atoms with van der Waals surface area (Å²) in [7, 11) is 0. The van der Waals surface area contributed by atoms with Crippen molar-refractivity contribution in [2.45, 2.75) is 17.8 Å². The zero-order chi connectivity index (χ0) is 24.0. The number of fused-ring (bicyclic) bond motifs is 1. The number of anilines is 1. The quantitative estimate of drug-likeness (QED) is 0.479. The third-order valence-electron chi connectivity index (χ3n) is 6.89. The minimum atomic E-state index is -1.41. The van der Waals surface area contributed by atoms with E-state index >= 15 is 0 Å². The van der Waals surface area contributed by atoms with Crippen molar-refractivity contribution >= 4 is 29.1 Å². The minimum absolute atomic E-state index is 0.230. The van der Waals surface area contributed by atoms with Crippen LogP contribution in [0, 0.1) is 11.7 Å². The Bertz CT molecular complexity index is 1350. The van der Waals surface area contributed by atoms with E-state index in [1.165, 1.54) is 11.0 Å². The molecule has 2 aliphatic rings. The third kappa shape index (κ3) is 3.04. The van der Waals surface area contributed by atoms with Gasteiger partial charge in [0, 0.05) is 16.5 Å². The van der Waals surface area contributed by atoms with E-state index in [0.29, 0.717) is 28.3 Å². The van der Waals surface area contributed by atoms with E-state index in [9.17, 15) is 19.1 Å². The van der Waals surface area contributed by atoms with Crippen LogP contribution in [-0.2, 0) is 15.0 Å². The van der Waals surface area contributed by atoms with Crippen LogP contribution in [0.4, 0.5) is 10.1 Å². The molecule has 2 amide bonds. The fourth-order valence-electron chi connectivity index (χ4n) is 5.49. The number of hydrogen-bond acceptors (Lipinski definition) is 3. The van der Waals surface area contributed by atoms with Crippen LogP contribution >= 0.6 is 11.6 Å². The molecular weight excluding hydrogens is 453 g/mol. The molecule has 3 atom stereocenters. The minimum Gasteiger partial charge on any atom is -0.505 e. The molecule has 1 aliphatic carbocycles. The average Bonchev–Trinajstić information content (AvgIpc) is 3.08. The molecule has 3 aromatic carbocycles. The Kier molecular flexibility index (Phi) is 5.37. The van der Waals surface area contributed by atoms with Crippen molar-refractivity contribution in [2.75, 3.05) is 4.90 Å². The maximum atomic E-state index is 14.5. The first kappa shape index (κ1) is 22.1. The standard InChI is InChI=1S/C28H21ClFNO3/c1-2-17-14-15-22-26(33)31(20-11-6-10-19(29)16-20)27(34)28(22,18-8-4-3-5-9-18)24(17)21-12-7-13-23(30)25(21)32/h2-14,16,22,24,32H,1,15H2. The Morgan fingerprint density at radius 1 is 1.06 bits per heavy atom. The third-order valence-corrected chi connectivity index (χ3v) is 7.12. The Hall–Kier alpha value is -3.70. The van der Waals surface area contributed by atoms with E-state index < -0.39 is 34.7 Å². The molecule has 0 aromatic heterocycles. The average molecular weight is 474 g/mol. The number of carbonyl (C=O) groups is 2. The summed E-state index contributed by atoms with van der Waals surface area (Å²) in [5.74, 6) is -3.75. The van der Waals surface area contributed by atoms with Crippen molar-refractivity contribution in [3.63, 3.8) is 0 Å². The fraction of sp³-hybridized carbons (Fsp3) is 0.143. The Labute approximate surface area is 201 Å². The molecule has 0 saturated carbocycles. The summed E-state index contributed by atoms with van der Waals surface area (Å²) in [6.45, 7) is 3.91. The highest BCUT2D eigenvalue weighted by atomic mass is 35.5. The lowest BCUT2D eigenvalue weighted by molar-refractivity contribution is -0.123. The summed E-state index contributed by atoms with van der Waals surface area (Å²) in [5.41, 5.74) is 0.451. The Balaban J connectivity index is 1.84. The molecule has 0 bridgehead atoms. The molecule has 6 heteroatoms. The lowest BCUT2D eigenvalue weighted by Crippen LogP contribution is -2.48. The maximum Gasteiger partial charge on any atom is 0.246 e. The lowest BCUT2D eigenvalue weighted by Gasteiger charge is -2.43. The molecule has 1 fully saturated rings. The molecule has 0 radical (unpaired) electrons. The van der Waals surface area contributed by atoms with Gasteiger partial charge < -0.3 is 5.11 Å². The highest BCUT2D eigenvalue weighted by Crippen LogP contribution is 2.59. The number of halogens is 2. The van der Waals surface area contributed by atoms with Crippen LogP contribution in [0.1, 0.15) is 23.5 Å². The van der Waals surface area contributed by atoms with E-state index in [2.05, 4.69) is 6.58 Å².